The molecule has 0 radical (unpaired) electrons. The summed E-state index contributed by atoms with van der Waals surface area (Å²) in [5.41, 5.74) is 2.22. The Labute approximate surface area is 136 Å². The van der Waals surface area contributed by atoms with E-state index in [9.17, 15) is 10.3 Å². The van der Waals surface area contributed by atoms with E-state index in [4.69, 9.17) is 0 Å². The van der Waals surface area contributed by atoms with E-state index in [1.54, 1.807) is 0 Å². The molecule has 5 heteroatoms. The zero-order valence-corrected chi connectivity index (χ0v) is 14.6. The van der Waals surface area contributed by atoms with Crippen LogP contribution in [0.2, 0.25) is 0 Å². The molecule has 0 unspecified atom stereocenters. The second-order valence-corrected chi connectivity index (χ2v) is 7.78. The normalized spacial score (nSPS) is 13.4. The second-order valence-electron chi connectivity index (χ2n) is 7.78. The Kier molecular flexibility index (Phi) is 4.24. The van der Waals surface area contributed by atoms with E-state index < -0.39 is 0 Å². The molecule has 23 heavy (non-hydrogen) atoms. The van der Waals surface area contributed by atoms with E-state index in [-0.39, 0.29) is 10.8 Å². The molecule has 5 nitrogen and oxygen atoms in total. The molecule has 0 bridgehead atoms. The van der Waals surface area contributed by atoms with Gasteiger partial charge >= 0.3 is 0 Å². The minimum absolute atomic E-state index is 0.222. The van der Waals surface area contributed by atoms with Gasteiger partial charge in [0.2, 0.25) is 0 Å². The molecule has 2 aromatic rings. The molecular weight excluding hydrogens is 290 g/mol. The minimum atomic E-state index is -0.222. The van der Waals surface area contributed by atoms with Gasteiger partial charge in [0, 0.05) is 17.3 Å². The Morgan fingerprint density at radius 1 is 1.00 bits per heavy atom. The SMILES string of the molecule is CC(C)(C)c1cc(N=c2cnccn2O)cc(C(C)(C)C)c1O. The first kappa shape index (κ1) is 17.1. The Morgan fingerprint density at radius 3 is 1.96 bits per heavy atom. The predicted octanol–water partition coefficient (Wildman–Crippen LogP) is 3.65. The number of nitrogens with zero attached hydrogens (tertiary/aromatic N) is 3. The van der Waals surface area contributed by atoms with Crippen molar-refractivity contribution in [1.29, 1.82) is 0 Å². The molecule has 0 atom stereocenters. The maximum Gasteiger partial charge on any atom is 0.186 e. The summed E-state index contributed by atoms with van der Waals surface area (Å²) in [4.78, 5) is 8.45. The molecule has 2 rings (SSSR count). The summed E-state index contributed by atoms with van der Waals surface area (Å²) in [6, 6.07) is 3.72. The number of hydrogen-bond donors (Lipinski definition) is 2. The zero-order chi connectivity index (χ0) is 17.4. The maximum absolute atomic E-state index is 10.7. The largest absolute Gasteiger partial charge is 0.507 e. The van der Waals surface area contributed by atoms with Gasteiger partial charge in [-0.3, -0.25) is 4.98 Å². The summed E-state index contributed by atoms with van der Waals surface area (Å²) in [6.07, 6.45) is 4.39. The summed E-state index contributed by atoms with van der Waals surface area (Å²) in [5, 5.41) is 20.5. The first-order chi connectivity index (χ1) is 10.5. The highest BCUT2D eigenvalue weighted by atomic mass is 16.5. The molecule has 1 aromatic heterocycles. The van der Waals surface area contributed by atoms with E-state index in [2.05, 4.69) is 51.5 Å². The molecule has 2 N–H and O–H groups in total. The third kappa shape index (κ3) is 3.73. The fourth-order valence-electron chi connectivity index (χ4n) is 2.39. The van der Waals surface area contributed by atoms with Crippen LogP contribution in [0.3, 0.4) is 0 Å². The zero-order valence-electron chi connectivity index (χ0n) is 14.6. The average molecular weight is 315 g/mol. The molecule has 0 aliphatic carbocycles. The predicted molar refractivity (Wildman–Crippen MR) is 90.1 cm³/mol. The van der Waals surface area contributed by atoms with Gasteiger partial charge in [-0.2, -0.15) is 4.73 Å². The highest BCUT2D eigenvalue weighted by molar-refractivity contribution is 5.56. The smallest absolute Gasteiger partial charge is 0.186 e. The molecule has 124 valence electrons. The Balaban J connectivity index is 2.76. The topological polar surface area (TPSA) is 70.6 Å². The number of phenolic OH excluding ortho intramolecular Hbond substituents is 1. The third-order valence-corrected chi connectivity index (χ3v) is 3.67. The summed E-state index contributed by atoms with van der Waals surface area (Å²) in [5.74, 6) is 0.312. The van der Waals surface area contributed by atoms with Crippen molar-refractivity contribution in [2.75, 3.05) is 0 Å². The molecule has 0 saturated heterocycles. The molecule has 1 heterocycles. The van der Waals surface area contributed by atoms with Gasteiger partial charge in [0.05, 0.1) is 18.1 Å². The number of rotatable bonds is 1. The van der Waals surface area contributed by atoms with Gasteiger partial charge in [0.1, 0.15) is 5.75 Å². The van der Waals surface area contributed by atoms with E-state index in [0.29, 0.717) is 16.9 Å². The molecule has 0 aliphatic rings. The summed E-state index contributed by atoms with van der Waals surface area (Å²) in [7, 11) is 0. The van der Waals surface area contributed by atoms with Crippen molar-refractivity contribution in [2.45, 2.75) is 52.4 Å². The number of aromatic nitrogens is 2. The van der Waals surface area contributed by atoms with Gasteiger partial charge < -0.3 is 10.3 Å². The van der Waals surface area contributed by atoms with Crippen LogP contribution >= 0.6 is 0 Å². The van der Waals surface area contributed by atoms with Crippen LogP contribution in [0.25, 0.3) is 0 Å². The van der Waals surface area contributed by atoms with Crippen molar-refractivity contribution in [2.24, 2.45) is 4.99 Å². The van der Waals surface area contributed by atoms with Gasteiger partial charge in [0.15, 0.2) is 5.49 Å². The monoisotopic (exact) mass is 315 g/mol. The lowest BCUT2D eigenvalue weighted by atomic mass is 9.79. The fraction of sp³-hybridized carbons (Fsp3) is 0.444. The quantitative estimate of drug-likeness (QED) is 0.789. The Morgan fingerprint density at radius 2 is 1.52 bits per heavy atom. The van der Waals surface area contributed by atoms with Crippen LogP contribution < -0.4 is 5.49 Å². The van der Waals surface area contributed by atoms with Crippen LogP contribution in [0.5, 0.6) is 5.75 Å². The van der Waals surface area contributed by atoms with Crippen LogP contribution in [0.1, 0.15) is 52.7 Å². The van der Waals surface area contributed by atoms with Crippen molar-refractivity contribution in [1.82, 2.24) is 9.71 Å². The van der Waals surface area contributed by atoms with Gasteiger partial charge in [-0.05, 0) is 23.0 Å². The maximum atomic E-state index is 10.7. The highest BCUT2D eigenvalue weighted by Crippen LogP contribution is 2.41. The van der Waals surface area contributed by atoms with Crippen LogP contribution in [0.4, 0.5) is 5.69 Å². The van der Waals surface area contributed by atoms with Crippen molar-refractivity contribution in [3.05, 3.63) is 47.3 Å². The standard InChI is InChI=1S/C18H25N3O2/c1-17(2,3)13-9-12(10-14(16(13)22)18(4,5)6)20-15-11-19-7-8-21(15)23/h7-11,22-23H,1-6H3. The molecule has 0 saturated carbocycles. The van der Waals surface area contributed by atoms with Crippen LogP contribution in [-0.4, -0.2) is 20.0 Å². The number of hydrogen-bond acceptors (Lipinski definition) is 4. The fourth-order valence-corrected chi connectivity index (χ4v) is 2.39. The number of benzene rings is 1. The molecule has 0 amide bonds. The number of phenols is 1. The van der Waals surface area contributed by atoms with Crippen molar-refractivity contribution < 1.29 is 10.3 Å². The lowest BCUT2D eigenvalue weighted by molar-refractivity contribution is 0.171. The van der Waals surface area contributed by atoms with Crippen LogP contribution in [-0.2, 0) is 10.8 Å². The summed E-state index contributed by atoms with van der Waals surface area (Å²) >= 11 is 0. The molecule has 1 aromatic carbocycles. The van der Waals surface area contributed by atoms with Crippen molar-refractivity contribution in [3.63, 3.8) is 0 Å². The van der Waals surface area contributed by atoms with E-state index in [0.717, 1.165) is 15.9 Å². The van der Waals surface area contributed by atoms with Crippen LogP contribution in [0.15, 0.2) is 35.7 Å². The van der Waals surface area contributed by atoms with Gasteiger partial charge in [0.25, 0.3) is 0 Å². The van der Waals surface area contributed by atoms with E-state index in [1.807, 2.05) is 12.1 Å². The second kappa shape index (κ2) is 5.72. The third-order valence-electron chi connectivity index (χ3n) is 3.67. The number of aromatic hydroxyl groups is 1. The van der Waals surface area contributed by atoms with Gasteiger partial charge in [-0.1, -0.05) is 41.5 Å². The Bertz CT molecular complexity index is 743. The van der Waals surface area contributed by atoms with Crippen molar-refractivity contribution in [3.8, 4) is 5.75 Å². The van der Waals surface area contributed by atoms with E-state index in [1.165, 1.54) is 18.6 Å². The first-order valence-corrected chi connectivity index (χ1v) is 7.65. The first-order valence-electron chi connectivity index (χ1n) is 7.65. The van der Waals surface area contributed by atoms with E-state index >= 15 is 0 Å². The molecule has 0 spiro atoms. The summed E-state index contributed by atoms with van der Waals surface area (Å²) in [6.45, 7) is 12.3. The average Bonchev–Trinajstić information content (AvgIpc) is 2.40. The lowest BCUT2D eigenvalue weighted by Gasteiger charge is -2.27. The minimum Gasteiger partial charge on any atom is -0.507 e. The van der Waals surface area contributed by atoms with Crippen molar-refractivity contribution >= 4 is 5.69 Å². The Hall–Kier alpha value is -2.30. The van der Waals surface area contributed by atoms with Gasteiger partial charge in [-0.15, -0.1) is 0 Å². The molecule has 0 fully saturated rings. The van der Waals surface area contributed by atoms with Crippen LogP contribution in [0, 0.1) is 0 Å². The summed E-state index contributed by atoms with van der Waals surface area (Å²) < 4.78 is 0.924. The molecule has 0 aliphatic heterocycles. The van der Waals surface area contributed by atoms with Gasteiger partial charge in [-0.25, -0.2) is 4.99 Å². The highest BCUT2D eigenvalue weighted by Gasteiger charge is 2.26. The molecular formula is C18H25N3O2. The lowest BCUT2D eigenvalue weighted by Crippen LogP contribution is -2.19.